The largest absolute Gasteiger partial charge is 0.345 e. The molecule has 4 aromatic rings. The zero-order valence-electron chi connectivity index (χ0n) is 14.3. The number of H-pyrrole nitrogens is 1. The third-order valence-corrected chi connectivity index (χ3v) is 4.42. The first-order valence-corrected chi connectivity index (χ1v) is 8.45. The maximum Gasteiger partial charge on any atom is 0.252 e. The molecule has 5 heteroatoms. The summed E-state index contributed by atoms with van der Waals surface area (Å²) in [5.74, 6) is 0.661. The number of hydrogen-bond donors (Lipinski definition) is 2. The SMILES string of the molecule is CC(C)n1ccc2c(C(=O)NCc3nc4ccccc4[nH]3)cccc21. The van der Waals surface area contributed by atoms with Crippen LogP contribution in [0.2, 0.25) is 0 Å². The lowest BCUT2D eigenvalue weighted by Crippen LogP contribution is -2.23. The van der Waals surface area contributed by atoms with Gasteiger partial charge in [0.15, 0.2) is 0 Å². The fourth-order valence-electron chi connectivity index (χ4n) is 3.19. The highest BCUT2D eigenvalue weighted by Gasteiger charge is 2.13. The van der Waals surface area contributed by atoms with Gasteiger partial charge in [-0.3, -0.25) is 4.79 Å². The number of hydrogen-bond acceptors (Lipinski definition) is 2. The number of fused-ring (bicyclic) bond motifs is 2. The summed E-state index contributed by atoms with van der Waals surface area (Å²) in [4.78, 5) is 20.4. The van der Waals surface area contributed by atoms with E-state index in [0.29, 0.717) is 18.2 Å². The Kier molecular flexibility index (Phi) is 3.76. The third kappa shape index (κ3) is 2.78. The van der Waals surface area contributed by atoms with E-state index < -0.39 is 0 Å². The van der Waals surface area contributed by atoms with Crippen LogP contribution in [0.15, 0.2) is 54.7 Å². The zero-order chi connectivity index (χ0) is 17.4. The minimum atomic E-state index is -0.0902. The molecular formula is C20H20N4O. The average molecular weight is 332 g/mol. The molecule has 2 aromatic carbocycles. The van der Waals surface area contributed by atoms with Gasteiger partial charge in [0.2, 0.25) is 0 Å². The molecule has 2 heterocycles. The lowest BCUT2D eigenvalue weighted by molar-refractivity contribution is 0.0951. The molecule has 0 aliphatic heterocycles. The molecule has 5 nitrogen and oxygen atoms in total. The van der Waals surface area contributed by atoms with Crippen LogP contribution >= 0.6 is 0 Å². The first kappa shape index (κ1) is 15.4. The van der Waals surface area contributed by atoms with Crippen LogP contribution in [0.4, 0.5) is 0 Å². The second kappa shape index (κ2) is 6.09. The summed E-state index contributed by atoms with van der Waals surface area (Å²) in [5, 5.41) is 3.94. The second-order valence-corrected chi connectivity index (χ2v) is 6.44. The predicted octanol–water partition coefficient (Wildman–Crippen LogP) is 4.03. The standard InChI is InChI=1S/C20H20N4O/c1-13(2)24-11-10-14-15(6-5-9-18(14)24)20(25)21-12-19-22-16-7-3-4-8-17(16)23-19/h3-11,13H,12H2,1-2H3,(H,21,25)(H,22,23). The van der Waals surface area contributed by atoms with Gasteiger partial charge in [-0.05, 0) is 44.2 Å². The van der Waals surface area contributed by atoms with Crippen molar-refractivity contribution in [1.82, 2.24) is 19.9 Å². The Balaban J connectivity index is 1.57. The van der Waals surface area contributed by atoms with E-state index in [-0.39, 0.29) is 5.91 Å². The van der Waals surface area contributed by atoms with Gasteiger partial charge in [0.25, 0.3) is 5.91 Å². The van der Waals surface area contributed by atoms with E-state index in [1.807, 2.05) is 54.7 Å². The normalized spacial score (nSPS) is 11.5. The quantitative estimate of drug-likeness (QED) is 0.593. The topological polar surface area (TPSA) is 62.7 Å². The first-order valence-electron chi connectivity index (χ1n) is 8.45. The Morgan fingerprint density at radius 3 is 2.80 bits per heavy atom. The summed E-state index contributed by atoms with van der Waals surface area (Å²) in [6.45, 7) is 4.64. The van der Waals surface area contributed by atoms with Gasteiger partial charge in [0.05, 0.1) is 17.6 Å². The Hall–Kier alpha value is -3.08. The Labute approximate surface area is 145 Å². The van der Waals surface area contributed by atoms with Gasteiger partial charge in [-0.25, -0.2) is 4.98 Å². The molecule has 2 aromatic heterocycles. The van der Waals surface area contributed by atoms with Gasteiger partial charge in [-0.15, -0.1) is 0 Å². The Morgan fingerprint density at radius 2 is 2.00 bits per heavy atom. The summed E-state index contributed by atoms with van der Waals surface area (Å²) in [6.07, 6.45) is 2.03. The molecule has 0 saturated heterocycles. The number of rotatable bonds is 4. The lowest BCUT2D eigenvalue weighted by atomic mass is 10.1. The van der Waals surface area contributed by atoms with Gasteiger partial charge in [0.1, 0.15) is 5.82 Å². The molecular weight excluding hydrogens is 312 g/mol. The van der Waals surface area contributed by atoms with Crippen LogP contribution < -0.4 is 5.32 Å². The average Bonchev–Trinajstić information content (AvgIpc) is 3.22. The molecule has 0 unspecified atom stereocenters. The summed E-state index contributed by atoms with van der Waals surface area (Å²) in [6, 6.07) is 16.0. The maximum absolute atomic E-state index is 12.7. The van der Waals surface area contributed by atoms with Crippen molar-refractivity contribution in [3.05, 3.63) is 66.1 Å². The highest BCUT2D eigenvalue weighted by molar-refractivity contribution is 6.06. The monoisotopic (exact) mass is 332 g/mol. The van der Waals surface area contributed by atoms with Gasteiger partial charge in [0, 0.05) is 28.7 Å². The van der Waals surface area contributed by atoms with Crippen molar-refractivity contribution in [2.24, 2.45) is 0 Å². The van der Waals surface area contributed by atoms with Crippen LogP contribution in [0.3, 0.4) is 0 Å². The molecule has 2 N–H and O–H groups in total. The molecule has 0 saturated carbocycles. The fraction of sp³-hybridized carbons (Fsp3) is 0.200. The molecule has 0 atom stereocenters. The molecule has 0 bridgehead atoms. The molecule has 0 aliphatic rings. The van der Waals surface area contributed by atoms with Crippen molar-refractivity contribution in [2.45, 2.75) is 26.4 Å². The van der Waals surface area contributed by atoms with Crippen LogP contribution in [0.25, 0.3) is 21.9 Å². The van der Waals surface area contributed by atoms with Crippen LogP contribution in [-0.4, -0.2) is 20.4 Å². The molecule has 126 valence electrons. The zero-order valence-corrected chi connectivity index (χ0v) is 14.3. The van der Waals surface area contributed by atoms with Gasteiger partial charge in [-0.2, -0.15) is 0 Å². The first-order chi connectivity index (χ1) is 12.1. The number of benzene rings is 2. The smallest absolute Gasteiger partial charge is 0.252 e. The number of para-hydroxylation sites is 2. The van der Waals surface area contributed by atoms with Crippen LogP contribution in [0.1, 0.15) is 36.1 Å². The van der Waals surface area contributed by atoms with E-state index in [2.05, 4.69) is 33.7 Å². The molecule has 0 fully saturated rings. The summed E-state index contributed by atoms with van der Waals surface area (Å²) < 4.78 is 2.17. The summed E-state index contributed by atoms with van der Waals surface area (Å²) in [7, 11) is 0. The number of nitrogens with one attached hydrogen (secondary N) is 2. The molecule has 4 rings (SSSR count). The van der Waals surface area contributed by atoms with Crippen LogP contribution in [-0.2, 0) is 6.54 Å². The van der Waals surface area contributed by atoms with E-state index in [4.69, 9.17) is 0 Å². The number of carbonyl (C=O) groups excluding carboxylic acids is 1. The van der Waals surface area contributed by atoms with Crippen molar-refractivity contribution in [1.29, 1.82) is 0 Å². The van der Waals surface area contributed by atoms with E-state index in [9.17, 15) is 4.79 Å². The number of aromatic amines is 1. The Bertz CT molecular complexity index is 1020. The highest BCUT2D eigenvalue weighted by Crippen LogP contribution is 2.23. The van der Waals surface area contributed by atoms with Crippen LogP contribution in [0.5, 0.6) is 0 Å². The lowest BCUT2D eigenvalue weighted by Gasteiger charge is -2.10. The van der Waals surface area contributed by atoms with Crippen molar-refractivity contribution in [2.75, 3.05) is 0 Å². The van der Waals surface area contributed by atoms with Crippen molar-refractivity contribution in [3.63, 3.8) is 0 Å². The van der Waals surface area contributed by atoms with Gasteiger partial charge in [-0.1, -0.05) is 18.2 Å². The summed E-state index contributed by atoms with van der Waals surface area (Å²) >= 11 is 0. The molecule has 1 amide bonds. The maximum atomic E-state index is 12.7. The van der Waals surface area contributed by atoms with Crippen molar-refractivity contribution < 1.29 is 4.79 Å². The van der Waals surface area contributed by atoms with E-state index in [1.165, 1.54) is 0 Å². The van der Waals surface area contributed by atoms with E-state index in [1.54, 1.807) is 0 Å². The predicted molar refractivity (Wildman–Crippen MR) is 99.6 cm³/mol. The minimum absolute atomic E-state index is 0.0902. The number of carbonyl (C=O) groups is 1. The number of imidazole rings is 1. The molecule has 0 radical (unpaired) electrons. The fourth-order valence-corrected chi connectivity index (χ4v) is 3.19. The van der Waals surface area contributed by atoms with Crippen molar-refractivity contribution >= 4 is 27.8 Å². The molecule has 0 aliphatic carbocycles. The van der Waals surface area contributed by atoms with Crippen molar-refractivity contribution in [3.8, 4) is 0 Å². The number of nitrogens with zero attached hydrogens (tertiary/aromatic N) is 2. The van der Waals surface area contributed by atoms with Gasteiger partial charge < -0.3 is 14.9 Å². The number of amides is 1. The van der Waals surface area contributed by atoms with Crippen LogP contribution in [0, 0.1) is 0 Å². The van der Waals surface area contributed by atoms with E-state index in [0.717, 1.165) is 27.8 Å². The second-order valence-electron chi connectivity index (χ2n) is 6.44. The minimum Gasteiger partial charge on any atom is -0.345 e. The molecule has 0 spiro atoms. The number of aromatic nitrogens is 3. The molecule has 25 heavy (non-hydrogen) atoms. The van der Waals surface area contributed by atoms with E-state index >= 15 is 0 Å². The third-order valence-electron chi connectivity index (χ3n) is 4.42. The Morgan fingerprint density at radius 1 is 1.16 bits per heavy atom. The summed E-state index contributed by atoms with van der Waals surface area (Å²) in [5.41, 5.74) is 3.64. The highest BCUT2D eigenvalue weighted by atomic mass is 16.1. The van der Waals surface area contributed by atoms with Gasteiger partial charge >= 0.3 is 0 Å².